The lowest BCUT2D eigenvalue weighted by Crippen LogP contribution is -2.78. The van der Waals surface area contributed by atoms with Crippen LogP contribution in [0.2, 0.25) is 0 Å². The van der Waals surface area contributed by atoms with Gasteiger partial charge < -0.3 is 14.3 Å². The van der Waals surface area contributed by atoms with Crippen LogP contribution in [0.5, 0.6) is 0 Å². The minimum Gasteiger partial charge on any atom is -0.477 e. The Kier molecular flexibility index (Phi) is 12.2. The Morgan fingerprint density at radius 2 is 0.765 bits per heavy atom. The van der Waals surface area contributed by atoms with Gasteiger partial charge in [0.2, 0.25) is 0 Å². The average Bonchev–Trinajstić information content (AvgIpc) is 2.84. The quantitative estimate of drug-likeness (QED) is 0.0918. The molecule has 0 saturated heterocycles. The molecular formula is C21H17F25NO4+. The number of esters is 1. The monoisotopic (exact) mass is 822 g/mol. The lowest BCUT2D eigenvalue weighted by atomic mass is 9.84. The molecular weight excluding hydrogens is 805 g/mol. The number of carbonyl (C=O) groups is 2. The Labute approximate surface area is 264 Å². The zero-order valence-corrected chi connectivity index (χ0v) is 24.3. The summed E-state index contributed by atoms with van der Waals surface area (Å²) in [7, 11) is 1.37. The standard InChI is InChI=1S/C21H16F25NO4/c1-7(48)51-8(5-47(2,3)6-9(49)50)4-10(22,23)11(24,25)12(26,27)13(28,29)14(30,31)15(32,33)16(34,35)17(36,37)18(38,39)19(40,41)20(42,43)21(44,45)46/h8H,4-6H2,1-3H3/p+1. The van der Waals surface area contributed by atoms with Crippen molar-refractivity contribution in [1.82, 2.24) is 0 Å². The van der Waals surface area contributed by atoms with Gasteiger partial charge in [0.25, 0.3) is 0 Å². The molecule has 0 aromatic heterocycles. The first-order valence-electron chi connectivity index (χ1n) is 12.1. The minimum absolute atomic E-state index is 0.242. The second-order valence-electron chi connectivity index (χ2n) is 11.1. The first-order valence-corrected chi connectivity index (χ1v) is 12.1. The van der Waals surface area contributed by atoms with E-state index in [1.165, 1.54) is 0 Å². The van der Waals surface area contributed by atoms with Gasteiger partial charge in [0.05, 0.1) is 20.5 Å². The lowest BCUT2D eigenvalue weighted by molar-refractivity contribution is -0.886. The van der Waals surface area contributed by atoms with Crippen LogP contribution in [0.25, 0.3) is 0 Å². The fourth-order valence-electron chi connectivity index (χ4n) is 3.76. The normalized spacial score (nSPS) is 16.6. The van der Waals surface area contributed by atoms with Gasteiger partial charge in [-0.1, -0.05) is 0 Å². The third kappa shape index (κ3) is 7.25. The van der Waals surface area contributed by atoms with E-state index in [0.717, 1.165) is 0 Å². The maximum atomic E-state index is 14.4. The molecule has 0 aromatic rings. The van der Waals surface area contributed by atoms with Crippen LogP contribution < -0.4 is 0 Å². The molecule has 304 valence electrons. The molecule has 0 radical (unpaired) electrons. The molecule has 0 aliphatic heterocycles. The lowest BCUT2D eigenvalue weighted by Gasteiger charge is -2.45. The molecule has 0 fully saturated rings. The van der Waals surface area contributed by atoms with Crippen LogP contribution in [0.1, 0.15) is 13.3 Å². The van der Waals surface area contributed by atoms with Crippen molar-refractivity contribution in [2.45, 2.75) is 90.8 Å². The van der Waals surface area contributed by atoms with E-state index in [1.807, 2.05) is 0 Å². The number of quaternary nitrogens is 1. The van der Waals surface area contributed by atoms with E-state index < -0.39 is 113 Å². The van der Waals surface area contributed by atoms with Crippen LogP contribution in [-0.4, -0.2) is 126 Å². The number of carboxylic acid groups (broad SMARTS) is 1. The molecule has 1 atom stereocenters. The highest BCUT2D eigenvalue weighted by molar-refractivity contribution is 5.68. The molecule has 5 nitrogen and oxygen atoms in total. The number of hydrogen-bond acceptors (Lipinski definition) is 3. The summed E-state index contributed by atoms with van der Waals surface area (Å²) in [5, 5.41) is 8.74. The van der Waals surface area contributed by atoms with Crippen LogP contribution in [0.15, 0.2) is 0 Å². The van der Waals surface area contributed by atoms with Gasteiger partial charge in [-0.2, -0.15) is 110 Å². The van der Waals surface area contributed by atoms with Crippen LogP contribution in [0, 0.1) is 0 Å². The van der Waals surface area contributed by atoms with Crippen molar-refractivity contribution >= 4 is 11.9 Å². The number of nitrogens with zero attached hydrogens (tertiary/aromatic N) is 1. The third-order valence-electron chi connectivity index (χ3n) is 6.44. The second kappa shape index (κ2) is 12.9. The summed E-state index contributed by atoms with van der Waals surface area (Å²) in [5.41, 5.74) is 0. The molecule has 0 heterocycles. The van der Waals surface area contributed by atoms with Gasteiger partial charge in [0.15, 0.2) is 12.6 Å². The Morgan fingerprint density at radius 1 is 0.510 bits per heavy atom. The van der Waals surface area contributed by atoms with Crippen molar-refractivity contribution in [2.24, 2.45) is 0 Å². The highest BCUT2D eigenvalue weighted by atomic mass is 19.4. The van der Waals surface area contributed by atoms with Crippen molar-refractivity contribution < 1.29 is 134 Å². The number of carbonyl (C=O) groups excluding carboxylic acids is 1. The summed E-state index contributed by atoms with van der Waals surface area (Å²) in [6.45, 7) is -2.51. The second-order valence-corrected chi connectivity index (χ2v) is 11.1. The number of hydrogen-bond donors (Lipinski definition) is 1. The van der Waals surface area contributed by atoms with Crippen molar-refractivity contribution in [3.63, 3.8) is 0 Å². The summed E-state index contributed by atoms with van der Waals surface area (Å²) in [4.78, 5) is 22.0. The molecule has 0 spiro atoms. The smallest absolute Gasteiger partial charge is 0.460 e. The molecule has 0 aromatic carbocycles. The minimum atomic E-state index is -9.69. The van der Waals surface area contributed by atoms with E-state index in [4.69, 9.17) is 5.11 Å². The van der Waals surface area contributed by atoms with E-state index in [9.17, 15) is 119 Å². The molecule has 51 heavy (non-hydrogen) atoms. The number of likely N-dealkylation sites (N-methyl/N-ethyl adjacent to an activating group) is 1. The van der Waals surface area contributed by atoms with Crippen LogP contribution in [0.3, 0.4) is 0 Å². The Balaban J connectivity index is 7.31. The van der Waals surface area contributed by atoms with Crippen LogP contribution >= 0.6 is 0 Å². The number of ether oxygens (including phenoxy) is 1. The SMILES string of the molecule is CC(=O)OC(CC(F)(F)C(F)(F)C(F)(F)C(F)(F)C(F)(F)C(F)(F)C(F)(F)C(F)(F)C(F)(F)C(F)(F)C(F)(F)C(F)(F)F)C[N+](C)(C)CC(=O)O. The van der Waals surface area contributed by atoms with Gasteiger partial charge in [0.1, 0.15) is 6.54 Å². The Hall–Kier alpha value is -2.85. The fraction of sp³-hybridized carbons (Fsp3) is 0.905. The van der Waals surface area contributed by atoms with E-state index in [-0.39, 0.29) is 6.92 Å². The molecule has 0 bridgehead atoms. The predicted molar refractivity (Wildman–Crippen MR) is 110 cm³/mol. The average molecular weight is 822 g/mol. The van der Waals surface area contributed by atoms with Gasteiger partial charge in [-0.25, -0.2) is 4.79 Å². The summed E-state index contributed by atoms with van der Waals surface area (Å²) in [6, 6.07) is 0. The molecule has 1 unspecified atom stereocenters. The maximum Gasteiger partial charge on any atom is 0.460 e. The Morgan fingerprint density at radius 3 is 1.00 bits per heavy atom. The largest absolute Gasteiger partial charge is 0.477 e. The molecule has 0 saturated carbocycles. The number of halogens is 25. The van der Waals surface area contributed by atoms with E-state index in [0.29, 0.717) is 14.1 Å². The molecule has 0 rings (SSSR count). The third-order valence-corrected chi connectivity index (χ3v) is 6.44. The van der Waals surface area contributed by atoms with Crippen molar-refractivity contribution in [3.05, 3.63) is 0 Å². The molecule has 0 amide bonds. The number of rotatable bonds is 17. The van der Waals surface area contributed by atoms with Crippen molar-refractivity contribution in [2.75, 3.05) is 27.2 Å². The summed E-state index contributed by atoms with van der Waals surface area (Å²) in [5.74, 6) is -104. The zero-order valence-electron chi connectivity index (χ0n) is 24.3. The predicted octanol–water partition coefficient (Wildman–Crippen LogP) is 8.02. The van der Waals surface area contributed by atoms with E-state index >= 15 is 0 Å². The van der Waals surface area contributed by atoms with Crippen LogP contribution in [-0.2, 0) is 14.3 Å². The number of carboxylic acids is 1. The number of aliphatic carboxylic acids is 1. The Bertz CT molecular complexity index is 1290. The summed E-state index contributed by atoms with van der Waals surface area (Å²) in [6.07, 6.45) is -14.6. The zero-order chi connectivity index (χ0) is 42.1. The topological polar surface area (TPSA) is 63.6 Å². The van der Waals surface area contributed by atoms with Crippen LogP contribution in [0.4, 0.5) is 110 Å². The van der Waals surface area contributed by atoms with Gasteiger partial charge in [-0.3, -0.25) is 4.79 Å². The van der Waals surface area contributed by atoms with Gasteiger partial charge in [0, 0.05) is 6.92 Å². The summed E-state index contributed by atoms with van der Waals surface area (Å²) >= 11 is 0. The highest BCUT2D eigenvalue weighted by Crippen LogP contribution is 2.68. The fourth-order valence-corrected chi connectivity index (χ4v) is 3.76. The van der Waals surface area contributed by atoms with Gasteiger partial charge in [-0.15, -0.1) is 0 Å². The molecule has 1 N–H and O–H groups in total. The molecule has 0 aliphatic rings. The van der Waals surface area contributed by atoms with Crippen molar-refractivity contribution in [1.29, 1.82) is 0 Å². The first-order chi connectivity index (χ1) is 21.7. The summed E-state index contributed by atoms with van der Waals surface area (Å²) < 4.78 is 344. The first kappa shape index (κ1) is 48.1. The molecule has 0 aliphatic carbocycles. The number of alkyl halides is 25. The van der Waals surface area contributed by atoms with Crippen molar-refractivity contribution in [3.8, 4) is 0 Å². The van der Waals surface area contributed by atoms with Gasteiger partial charge in [-0.05, 0) is 0 Å². The highest BCUT2D eigenvalue weighted by Gasteiger charge is 2.99. The van der Waals surface area contributed by atoms with E-state index in [2.05, 4.69) is 4.74 Å². The molecule has 30 heteroatoms. The van der Waals surface area contributed by atoms with Gasteiger partial charge >= 0.3 is 83.3 Å². The maximum absolute atomic E-state index is 14.4. The van der Waals surface area contributed by atoms with E-state index in [1.54, 1.807) is 0 Å².